The highest BCUT2D eigenvalue weighted by Crippen LogP contribution is 2.20. The highest BCUT2D eigenvalue weighted by atomic mass is 32.2. The summed E-state index contributed by atoms with van der Waals surface area (Å²) in [5.74, 6) is 0.692. The maximum atomic E-state index is 12.9. The van der Waals surface area contributed by atoms with Crippen molar-refractivity contribution in [2.75, 3.05) is 32.8 Å². The van der Waals surface area contributed by atoms with Crippen LogP contribution in [0.5, 0.6) is 5.75 Å². The highest BCUT2D eigenvalue weighted by Gasteiger charge is 2.32. The summed E-state index contributed by atoms with van der Waals surface area (Å²) in [6.07, 6.45) is 0. The normalized spacial score (nSPS) is 17.8. The zero-order chi connectivity index (χ0) is 18.6. The molecule has 1 saturated heterocycles. The van der Waals surface area contributed by atoms with Crippen LogP contribution in [0.1, 0.15) is 25.5 Å². The summed E-state index contributed by atoms with van der Waals surface area (Å²) >= 11 is 0. The maximum Gasteiger partial charge on any atom is 0.243 e. The van der Waals surface area contributed by atoms with Crippen LogP contribution in [0.4, 0.5) is 0 Å². The molecule has 1 N–H and O–H groups in total. The van der Waals surface area contributed by atoms with E-state index in [-0.39, 0.29) is 0 Å². The average Bonchev–Trinajstić information content (AvgIpc) is 2.69. The fourth-order valence-corrected chi connectivity index (χ4v) is 4.89. The van der Waals surface area contributed by atoms with Crippen molar-refractivity contribution in [1.82, 2.24) is 4.31 Å². The smallest absolute Gasteiger partial charge is 0.243 e. The van der Waals surface area contributed by atoms with Gasteiger partial charge in [-0.25, -0.2) is 8.42 Å². The SMILES string of the molecule is CCOc1ccc(S(=O)(=O)N2CC[NH+]([C@@H](C)c3ccccc3)CC2)cc1. The zero-order valence-corrected chi connectivity index (χ0v) is 16.2. The predicted octanol–water partition coefficient (Wildman–Crippen LogP) is 1.74. The molecule has 1 aliphatic heterocycles. The van der Waals surface area contributed by atoms with E-state index in [1.165, 1.54) is 10.5 Å². The Morgan fingerprint density at radius 3 is 2.23 bits per heavy atom. The van der Waals surface area contributed by atoms with Crippen LogP contribution in [0.15, 0.2) is 59.5 Å². The monoisotopic (exact) mass is 375 g/mol. The summed E-state index contributed by atoms with van der Waals surface area (Å²) in [5.41, 5.74) is 1.30. The highest BCUT2D eigenvalue weighted by molar-refractivity contribution is 7.89. The number of hydrogen-bond donors (Lipinski definition) is 1. The summed E-state index contributed by atoms with van der Waals surface area (Å²) < 4.78 is 32.7. The van der Waals surface area contributed by atoms with Gasteiger partial charge in [0.25, 0.3) is 0 Å². The Hall–Kier alpha value is -1.89. The molecule has 1 aliphatic rings. The Labute approximate surface area is 156 Å². The molecule has 2 aromatic rings. The molecule has 1 atom stereocenters. The molecule has 1 fully saturated rings. The molecule has 140 valence electrons. The summed E-state index contributed by atoms with van der Waals surface area (Å²) in [7, 11) is -3.44. The molecule has 0 aromatic heterocycles. The number of sulfonamides is 1. The van der Waals surface area contributed by atoms with E-state index in [0.717, 1.165) is 13.1 Å². The fraction of sp³-hybridized carbons (Fsp3) is 0.400. The Balaban J connectivity index is 1.65. The van der Waals surface area contributed by atoms with Crippen LogP contribution < -0.4 is 9.64 Å². The Morgan fingerprint density at radius 1 is 1.04 bits per heavy atom. The molecule has 6 heteroatoms. The molecule has 1 heterocycles. The van der Waals surface area contributed by atoms with Crippen molar-refractivity contribution in [3.05, 3.63) is 60.2 Å². The van der Waals surface area contributed by atoms with Crippen molar-refractivity contribution in [2.45, 2.75) is 24.8 Å². The summed E-state index contributed by atoms with van der Waals surface area (Å²) in [6.45, 7) is 7.39. The molecule has 5 nitrogen and oxygen atoms in total. The van der Waals surface area contributed by atoms with Gasteiger partial charge in [-0.3, -0.25) is 0 Å². The van der Waals surface area contributed by atoms with Crippen LogP contribution in [-0.2, 0) is 10.0 Å². The molecule has 0 spiro atoms. The lowest BCUT2D eigenvalue weighted by molar-refractivity contribution is -0.933. The van der Waals surface area contributed by atoms with E-state index in [1.54, 1.807) is 28.6 Å². The third kappa shape index (κ3) is 4.09. The second-order valence-corrected chi connectivity index (χ2v) is 8.54. The van der Waals surface area contributed by atoms with Crippen molar-refractivity contribution >= 4 is 10.0 Å². The summed E-state index contributed by atoms with van der Waals surface area (Å²) in [4.78, 5) is 1.76. The van der Waals surface area contributed by atoms with Gasteiger partial charge in [0, 0.05) is 5.56 Å². The lowest BCUT2D eigenvalue weighted by atomic mass is 10.1. The quantitative estimate of drug-likeness (QED) is 0.837. The van der Waals surface area contributed by atoms with Gasteiger partial charge in [0.2, 0.25) is 10.0 Å². The zero-order valence-electron chi connectivity index (χ0n) is 15.4. The number of hydrogen-bond acceptors (Lipinski definition) is 3. The van der Waals surface area contributed by atoms with Crippen molar-refractivity contribution in [2.24, 2.45) is 0 Å². The van der Waals surface area contributed by atoms with Gasteiger partial charge >= 0.3 is 0 Å². The van der Waals surface area contributed by atoms with E-state index in [0.29, 0.717) is 36.4 Å². The van der Waals surface area contributed by atoms with Crippen LogP contribution >= 0.6 is 0 Å². The minimum absolute atomic E-state index is 0.334. The van der Waals surface area contributed by atoms with Gasteiger partial charge in [0.15, 0.2) is 0 Å². The topological polar surface area (TPSA) is 51.1 Å². The van der Waals surface area contributed by atoms with E-state index >= 15 is 0 Å². The van der Waals surface area contributed by atoms with Crippen LogP contribution in [0.2, 0.25) is 0 Å². The van der Waals surface area contributed by atoms with Crippen molar-refractivity contribution in [3.63, 3.8) is 0 Å². The minimum Gasteiger partial charge on any atom is -0.494 e. The van der Waals surface area contributed by atoms with E-state index in [9.17, 15) is 8.42 Å². The molecule has 3 rings (SSSR count). The maximum absolute atomic E-state index is 12.9. The molecule has 0 saturated carbocycles. The van der Waals surface area contributed by atoms with E-state index in [4.69, 9.17) is 4.74 Å². The standard InChI is InChI=1S/C20H26N2O3S/c1-3-25-19-9-11-20(12-10-19)26(23,24)22-15-13-21(14-16-22)17(2)18-7-5-4-6-8-18/h4-12,17H,3,13-16H2,1-2H3/p+1/t17-/m0/s1. The van der Waals surface area contributed by atoms with Crippen LogP contribution in [-0.4, -0.2) is 45.5 Å². The van der Waals surface area contributed by atoms with E-state index in [2.05, 4.69) is 31.2 Å². The molecular weight excluding hydrogens is 348 g/mol. The van der Waals surface area contributed by atoms with Crippen molar-refractivity contribution < 1.29 is 18.1 Å². The second-order valence-electron chi connectivity index (χ2n) is 6.60. The number of piperazine rings is 1. The van der Waals surface area contributed by atoms with Gasteiger partial charge in [-0.05, 0) is 38.1 Å². The van der Waals surface area contributed by atoms with Gasteiger partial charge in [0.1, 0.15) is 11.8 Å². The Kier molecular flexibility index (Phi) is 5.96. The predicted molar refractivity (Wildman–Crippen MR) is 102 cm³/mol. The lowest BCUT2D eigenvalue weighted by Crippen LogP contribution is -3.14. The fourth-order valence-electron chi connectivity index (χ4n) is 3.45. The first-order valence-electron chi connectivity index (χ1n) is 9.15. The van der Waals surface area contributed by atoms with Gasteiger partial charge in [0.05, 0.1) is 37.7 Å². The van der Waals surface area contributed by atoms with E-state index < -0.39 is 10.0 Å². The summed E-state index contributed by atoms with van der Waals surface area (Å²) in [5, 5.41) is 0. The Morgan fingerprint density at radius 2 is 1.65 bits per heavy atom. The number of nitrogens with one attached hydrogen (secondary N) is 1. The number of ether oxygens (including phenoxy) is 1. The molecule has 0 amide bonds. The minimum atomic E-state index is -3.44. The first kappa shape index (κ1) is 18.9. The van der Waals surface area contributed by atoms with Crippen molar-refractivity contribution in [3.8, 4) is 5.75 Å². The molecule has 0 unspecified atom stereocenters. The van der Waals surface area contributed by atoms with Crippen LogP contribution in [0.3, 0.4) is 0 Å². The van der Waals surface area contributed by atoms with Crippen molar-refractivity contribution in [1.29, 1.82) is 0 Å². The van der Waals surface area contributed by atoms with Crippen LogP contribution in [0.25, 0.3) is 0 Å². The van der Waals surface area contributed by atoms with Crippen LogP contribution in [0, 0.1) is 0 Å². The third-order valence-electron chi connectivity index (χ3n) is 5.05. The third-order valence-corrected chi connectivity index (χ3v) is 6.96. The number of quaternary nitrogens is 1. The molecule has 0 radical (unpaired) electrons. The second kappa shape index (κ2) is 8.20. The van der Waals surface area contributed by atoms with Gasteiger partial charge in [-0.1, -0.05) is 30.3 Å². The summed E-state index contributed by atoms with van der Waals surface area (Å²) in [6, 6.07) is 17.5. The molecule has 0 aliphatic carbocycles. The first-order chi connectivity index (χ1) is 12.5. The average molecular weight is 376 g/mol. The van der Waals surface area contributed by atoms with Gasteiger partial charge < -0.3 is 9.64 Å². The number of benzene rings is 2. The molecule has 26 heavy (non-hydrogen) atoms. The van der Waals surface area contributed by atoms with Gasteiger partial charge in [-0.2, -0.15) is 4.31 Å². The van der Waals surface area contributed by atoms with E-state index in [1.807, 2.05) is 13.0 Å². The number of nitrogens with zero attached hydrogens (tertiary/aromatic N) is 1. The van der Waals surface area contributed by atoms with Gasteiger partial charge in [-0.15, -0.1) is 0 Å². The number of rotatable bonds is 6. The lowest BCUT2D eigenvalue weighted by Gasteiger charge is -2.35. The molecular formula is C20H27N2O3S+. The first-order valence-corrected chi connectivity index (χ1v) is 10.6. The Bertz CT molecular complexity index is 799. The molecule has 2 aromatic carbocycles. The largest absolute Gasteiger partial charge is 0.494 e. The molecule has 0 bridgehead atoms.